The number of hydrogen-bond donors (Lipinski definition) is 1. The molecule has 0 bridgehead atoms. The van der Waals surface area contributed by atoms with Crippen LogP contribution in [0.2, 0.25) is 0 Å². The molecular weight excluding hydrogens is 216 g/mol. The number of carbonyl (C=O) groups excluding carboxylic acids is 1. The zero-order valence-electron chi connectivity index (χ0n) is 11.1. The fraction of sp³-hybridized carbons (Fsp3) is 0.500. The first-order chi connectivity index (χ1) is 8.30. The summed E-state index contributed by atoms with van der Waals surface area (Å²) in [5.41, 5.74) is 0.954. The summed E-state index contributed by atoms with van der Waals surface area (Å²) in [6.07, 6.45) is 3.04. The second kappa shape index (κ2) is 7.85. The second-order valence-corrected chi connectivity index (χ2v) is 3.50. The van der Waals surface area contributed by atoms with Gasteiger partial charge in [-0.2, -0.15) is 0 Å². The minimum atomic E-state index is -0.160. The van der Waals surface area contributed by atoms with Gasteiger partial charge in [0.1, 0.15) is 12.0 Å². The summed E-state index contributed by atoms with van der Waals surface area (Å²) in [4.78, 5) is 10.8. The number of aliphatic hydroxyl groups is 1. The number of aliphatic hydroxyl groups excluding tert-OH is 1. The highest BCUT2D eigenvalue weighted by Gasteiger charge is 2.44. The molecule has 1 saturated carbocycles. The standard InChI is InChI=1S/C11H12O2.C2H6.CH4O/c1-13-10-4-2-9(3-5-10)11(8-12)6-7-11;2*1-2/h2-5,8H,6-7H2,1H3;1-2H3;2H,1H3. The molecule has 0 spiro atoms. The minimum absolute atomic E-state index is 0.160. The lowest BCUT2D eigenvalue weighted by atomic mass is 9.98. The highest BCUT2D eigenvalue weighted by atomic mass is 16.5. The van der Waals surface area contributed by atoms with Gasteiger partial charge in [0.25, 0.3) is 0 Å². The Labute approximate surface area is 103 Å². The van der Waals surface area contributed by atoms with Crippen molar-refractivity contribution in [2.45, 2.75) is 32.1 Å². The van der Waals surface area contributed by atoms with Crippen LogP contribution >= 0.6 is 0 Å². The largest absolute Gasteiger partial charge is 0.497 e. The van der Waals surface area contributed by atoms with Gasteiger partial charge < -0.3 is 14.6 Å². The molecule has 3 nitrogen and oxygen atoms in total. The topological polar surface area (TPSA) is 46.5 Å². The Morgan fingerprint density at radius 2 is 1.65 bits per heavy atom. The molecule has 0 amide bonds. The Morgan fingerprint density at radius 3 is 1.94 bits per heavy atom. The predicted octanol–water partition coefficient (Wildman–Crippen LogP) is 2.56. The molecule has 1 aromatic rings. The smallest absolute Gasteiger partial charge is 0.130 e. The molecule has 0 radical (unpaired) electrons. The first-order valence-electron chi connectivity index (χ1n) is 5.86. The van der Waals surface area contributed by atoms with E-state index in [2.05, 4.69) is 0 Å². The molecule has 2 rings (SSSR count). The quantitative estimate of drug-likeness (QED) is 0.823. The van der Waals surface area contributed by atoms with Crippen molar-refractivity contribution in [3.05, 3.63) is 29.8 Å². The minimum Gasteiger partial charge on any atom is -0.497 e. The van der Waals surface area contributed by atoms with Gasteiger partial charge in [-0.25, -0.2) is 0 Å². The normalized spacial score (nSPS) is 14.4. The predicted molar refractivity (Wildman–Crippen MR) is 69.5 cm³/mol. The van der Waals surface area contributed by atoms with Crippen LogP contribution < -0.4 is 4.74 Å². The monoisotopic (exact) mass is 238 g/mol. The number of rotatable bonds is 3. The molecule has 0 heterocycles. The number of methoxy groups -OCH3 is 1. The van der Waals surface area contributed by atoms with E-state index < -0.39 is 0 Å². The van der Waals surface area contributed by atoms with Gasteiger partial charge in [-0.15, -0.1) is 0 Å². The van der Waals surface area contributed by atoms with Gasteiger partial charge in [0.15, 0.2) is 0 Å². The molecule has 1 aromatic carbocycles. The summed E-state index contributed by atoms with van der Waals surface area (Å²) in [6, 6.07) is 7.75. The van der Waals surface area contributed by atoms with Crippen LogP contribution in [-0.2, 0) is 10.2 Å². The van der Waals surface area contributed by atoms with Gasteiger partial charge in [0, 0.05) is 7.11 Å². The van der Waals surface area contributed by atoms with Gasteiger partial charge in [-0.3, -0.25) is 0 Å². The fourth-order valence-corrected chi connectivity index (χ4v) is 1.53. The van der Waals surface area contributed by atoms with Crippen LogP contribution in [0.1, 0.15) is 32.3 Å². The molecule has 0 atom stereocenters. The molecule has 0 aromatic heterocycles. The summed E-state index contributed by atoms with van der Waals surface area (Å²) in [5.74, 6) is 0.838. The van der Waals surface area contributed by atoms with Crippen molar-refractivity contribution in [1.82, 2.24) is 0 Å². The van der Waals surface area contributed by atoms with E-state index in [1.54, 1.807) is 7.11 Å². The molecule has 0 aliphatic heterocycles. The third kappa shape index (κ3) is 3.86. The third-order valence-corrected chi connectivity index (χ3v) is 2.68. The van der Waals surface area contributed by atoms with E-state index in [0.29, 0.717) is 0 Å². The van der Waals surface area contributed by atoms with Crippen LogP contribution in [0.3, 0.4) is 0 Å². The number of aldehydes is 1. The van der Waals surface area contributed by atoms with Gasteiger partial charge in [-0.05, 0) is 30.5 Å². The third-order valence-electron chi connectivity index (χ3n) is 2.68. The van der Waals surface area contributed by atoms with Crippen LogP contribution in [0.4, 0.5) is 0 Å². The van der Waals surface area contributed by atoms with E-state index in [4.69, 9.17) is 9.84 Å². The number of hydrogen-bond acceptors (Lipinski definition) is 3. The highest BCUT2D eigenvalue weighted by molar-refractivity contribution is 5.73. The lowest BCUT2D eigenvalue weighted by Gasteiger charge is -2.07. The number of carbonyl (C=O) groups is 1. The van der Waals surface area contributed by atoms with Crippen molar-refractivity contribution < 1.29 is 14.6 Å². The fourth-order valence-electron chi connectivity index (χ4n) is 1.53. The summed E-state index contributed by atoms with van der Waals surface area (Å²) in [5, 5.41) is 7.00. The highest BCUT2D eigenvalue weighted by Crippen LogP contribution is 2.46. The van der Waals surface area contributed by atoms with Gasteiger partial charge in [0.2, 0.25) is 0 Å². The lowest BCUT2D eigenvalue weighted by Crippen LogP contribution is -2.07. The average Bonchev–Trinajstić information content (AvgIpc) is 3.24. The molecule has 17 heavy (non-hydrogen) atoms. The zero-order valence-corrected chi connectivity index (χ0v) is 11.1. The molecule has 0 unspecified atom stereocenters. The van der Waals surface area contributed by atoms with Gasteiger partial charge in [-0.1, -0.05) is 26.0 Å². The van der Waals surface area contributed by atoms with E-state index in [9.17, 15) is 4.79 Å². The Kier molecular flexibility index (Phi) is 7.22. The van der Waals surface area contributed by atoms with E-state index in [-0.39, 0.29) is 5.41 Å². The summed E-state index contributed by atoms with van der Waals surface area (Å²) < 4.78 is 5.05. The number of benzene rings is 1. The first-order valence-corrected chi connectivity index (χ1v) is 5.86. The molecule has 1 N–H and O–H groups in total. The van der Waals surface area contributed by atoms with Crippen molar-refractivity contribution in [3.8, 4) is 5.75 Å². The zero-order chi connectivity index (χ0) is 13.3. The maximum absolute atomic E-state index is 10.8. The van der Waals surface area contributed by atoms with E-state index >= 15 is 0 Å². The Hall–Kier alpha value is -1.35. The molecular formula is C14H22O3. The van der Waals surface area contributed by atoms with Crippen molar-refractivity contribution in [2.75, 3.05) is 14.2 Å². The molecule has 1 aliphatic carbocycles. The maximum atomic E-state index is 10.8. The van der Waals surface area contributed by atoms with Crippen molar-refractivity contribution in [1.29, 1.82) is 0 Å². The Balaban J connectivity index is 0.000000581. The summed E-state index contributed by atoms with van der Waals surface area (Å²) in [6.45, 7) is 4.00. The number of ether oxygens (including phenoxy) is 1. The van der Waals surface area contributed by atoms with Crippen LogP contribution in [-0.4, -0.2) is 25.6 Å². The van der Waals surface area contributed by atoms with Gasteiger partial charge in [0.05, 0.1) is 12.5 Å². The Morgan fingerprint density at radius 1 is 1.18 bits per heavy atom. The molecule has 1 aliphatic rings. The molecule has 3 heteroatoms. The summed E-state index contributed by atoms with van der Waals surface area (Å²) >= 11 is 0. The first kappa shape index (κ1) is 15.7. The van der Waals surface area contributed by atoms with E-state index in [1.807, 2.05) is 38.1 Å². The molecule has 0 saturated heterocycles. The van der Waals surface area contributed by atoms with Gasteiger partial charge >= 0.3 is 0 Å². The van der Waals surface area contributed by atoms with Crippen LogP contribution in [0.25, 0.3) is 0 Å². The molecule has 96 valence electrons. The average molecular weight is 238 g/mol. The van der Waals surface area contributed by atoms with Crippen molar-refractivity contribution in [3.63, 3.8) is 0 Å². The maximum Gasteiger partial charge on any atom is 0.130 e. The van der Waals surface area contributed by atoms with Crippen LogP contribution in [0.15, 0.2) is 24.3 Å². The molecule has 1 fully saturated rings. The second-order valence-electron chi connectivity index (χ2n) is 3.50. The van der Waals surface area contributed by atoms with Crippen LogP contribution in [0, 0.1) is 0 Å². The lowest BCUT2D eigenvalue weighted by molar-refractivity contribution is -0.109. The summed E-state index contributed by atoms with van der Waals surface area (Å²) in [7, 11) is 2.64. The SMILES string of the molecule is CC.CO.COc1ccc(C2(C=O)CC2)cc1. The Bertz CT molecular complexity index is 313. The van der Waals surface area contributed by atoms with Crippen molar-refractivity contribution >= 4 is 6.29 Å². The van der Waals surface area contributed by atoms with Crippen LogP contribution in [0.5, 0.6) is 5.75 Å². The van der Waals surface area contributed by atoms with Crippen molar-refractivity contribution in [2.24, 2.45) is 0 Å². The van der Waals surface area contributed by atoms with E-state index in [0.717, 1.165) is 37.6 Å². The van der Waals surface area contributed by atoms with E-state index in [1.165, 1.54) is 0 Å².